The molecule has 2 aromatic rings. The first kappa shape index (κ1) is 22.6. The zero-order chi connectivity index (χ0) is 19.2. The fourth-order valence-electron chi connectivity index (χ4n) is 2.66. The Balaban J connectivity index is 0.00000364. The molecule has 6 nitrogen and oxygen atoms in total. The fraction of sp³-hybridized carbons (Fsp3) is 0.350. The van der Waals surface area contributed by atoms with Gasteiger partial charge in [0.05, 0.1) is 5.54 Å². The lowest BCUT2D eigenvalue weighted by Gasteiger charge is -2.23. The van der Waals surface area contributed by atoms with Crippen molar-refractivity contribution in [2.45, 2.75) is 38.8 Å². The van der Waals surface area contributed by atoms with Crippen LogP contribution in [-0.4, -0.2) is 29.4 Å². The van der Waals surface area contributed by atoms with E-state index in [9.17, 15) is 9.59 Å². The number of benzene rings is 1. The molecular weight excluding hydrogens is 364 g/mol. The molecule has 0 bridgehead atoms. The number of carbonyl (C=O) groups is 2. The van der Waals surface area contributed by atoms with E-state index in [4.69, 9.17) is 5.73 Å². The summed E-state index contributed by atoms with van der Waals surface area (Å²) in [4.78, 5) is 30.1. The summed E-state index contributed by atoms with van der Waals surface area (Å²) in [5.74, 6) is -0.264. The Labute approximate surface area is 166 Å². The Bertz CT molecular complexity index is 748. The van der Waals surface area contributed by atoms with Crippen LogP contribution in [0.3, 0.4) is 0 Å². The molecule has 2 rings (SSSR count). The van der Waals surface area contributed by atoms with E-state index in [0.717, 1.165) is 17.7 Å². The van der Waals surface area contributed by atoms with Gasteiger partial charge >= 0.3 is 0 Å². The summed E-state index contributed by atoms with van der Waals surface area (Å²) in [5, 5.41) is 2.87. The number of aromatic nitrogens is 1. The molecule has 0 spiro atoms. The van der Waals surface area contributed by atoms with Gasteiger partial charge in [-0.3, -0.25) is 14.6 Å². The zero-order valence-electron chi connectivity index (χ0n) is 15.9. The molecule has 1 aromatic carbocycles. The lowest BCUT2D eigenvalue weighted by atomic mass is 9.96. The van der Waals surface area contributed by atoms with Crippen LogP contribution in [0.2, 0.25) is 0 Å². The normalized spacial score (nSPS) is 12.4. The summed E-state index contributed by atoms with van der Waals surface area (Å²) in [5.41, 5.74) is 7.47. The SMILES string of the molecule is CCCC(C)(N)C(=O)NCc1ccc(N(C)C(=O)c2ccncc2)cc1.Cl. The quantitative estimate of drug-likeness (QED) is 0.760. The molecule has 0 aliphatic heterocycles. The highest BCUT2D eigenvalue weighted by Crippen LogP contribution is 2.17. The van der Waals surface area contributed by atoms with Gasteiger partial charge < -0.3 is 16.0 Å². The minimum absolute atomic E-state index is 0. The van der Waals surface area contributed by atoms with Gasteiger partial charge in [-0.05, 0) is 43.2 Å². The van der Waals surface area contributed by atoms with Crippen molar-refractivity contribution in [1.82, 2.24) is 10.3 Å². The number of hydrogen-bond donors (Lipinski definition) is 2. The van der Waals surface area contributed by atoms with Gasteiger partial charge in [-0.2, -0.15) is 0 Å². The molecule has 1 unspecified atom stereocenters. The third-order valence-corrected chi connectivity index (χ3v) is 4.30. The second-order valence-electron chi connectivity index (χ2n) is 6.62. The van der Waals surface area contributed by atoms with Crippen molar-refractivity contribution in [1.29, 1.82) is 0 Å². The molecule has 0 saturated heterocycles. The molecule has 0 aliphatic carbocycles. The topological polar surface area (TPSA) is 88.3 Å². The van der Waals surface area contributed by atoms with Gasteiger partial charge in [0.15, 0.2) is 0 Å². The van der Waals surface area contributed by atoms with Crippen LogP contribution in [0.5, 0.6) is 0 Å². The highest BCUT2D eigenvalue weighted by Gasteiger charge is 2.26. The average molecular weight is 391 g/mol. The summed E-state index contributed by atoms with van der Waals surface area (Å²) in [6, 6.07) is 10.9. The smallest absolute Gasteiger partial charge is 0.258 e. The van der Waals surface area contributed by atoms with Crippen molar-refractivity contribution in [3.05, 3.63) is 59.9 Å². The average Bonchev–Trinajstić information content (AvgIpc) is 2.66. The molecular formula is C20H27ClN4O2. The van der Waals surface area contributed by atoms with E-state index in [2.05, 4.69) is 10.3 Å². The molecule has 2 amide bonds. The van der Waals surface area contributed by atoms with Crippen molar-refractivity contribution in [2.75, 3.05) is 11.9 Å². The van der Waals surface area contributed by atoms with Gasteiger partial charge in [-0.25, -0.2) is 0 Å². The van der Waals surface area contributed by atoms with E-state index in [-0.39, 0.29) is 24.2 Å². The van der Waals surface area contributed by atoms with Gasteiger partial charge in [0.2, 0.25) is 5.91 Å². The number of nitrogens with zero attached hydrogens (tertiary/aromatic N) is 2. The van der Waals surface area contributed by atoms with Crippen LogP contribution in [0, 0.1) is 0 Å². The molecule has 1 heterocycles. The van der Waals surface area contributed by atoms with E-state index < -0.39 is 5.54 Å². The van der Waals surface area contributed by atoms with Gasteiger partial charge in [-0.15, -0.1) is 12.4 Å². The summed E-state index contributed by atoms with van der Waals surface area (Å²) in [7, 11) is 1.73. The maximum absolute atomic E-state index is 12.4. The van der Waals surface area contributed by atoms with Crippen LogP contribution in [0.15, 0.2) is 48.8 Å². The number of nitrogens with two attached hydrogens (primary N) is 1. The molecule has 27 heavy (non-hydrogen) atoms. The molecule has 0 fully saturated rings. The molecule has 1 atom stereocenters. The third kappa shape index (κ3) is 6.05. The van der Waals surface area contributed by atoms with E-state index in [1.54, 1.807) is 43.4 Å². The number of anilines is 1. The van der Waals surface area contributed by atoms with Crippen LogP contribution in [0.1, 0.15) is 42.6 Å². The Morgan fingerprint density at radius 2 is 1.74 bits per heavy atom. The highest BCUT2D eigenvalue weighted by atomic mass is 35.5. The van der Waals surface area contributed by atoms with Crippen molar-refractivity contribution < 1.29 is 9.59 Å². The summed E-state index contributed by atoms with van der Waals surface area (Å²) >= 11 is 0. The molecule has 0 saturated carbocycles. The number of carbonyl (C=O) groups excluding carboxylic acids is 2. The zero-order valence-corrected chi connectivity index (χ0v) is 16.8. The monoisotopic (exact) mass is 390 g/mol. The summed E-state index contributed by atoms with van der Waals surface area (Å²) in [6.07, 6.45) is 4.68. The number of amides is 2. The lowest BCUT2D eigenvalue weighted by Crippen LogP contribution is -2.51. The molecule has 7 heteroatoms. The highest BCUT2D eigenvalue weighted by molar-refractivity contribution is 6.05. The van der Waals surface area contributed by atoms with Crippen molar-refractivity contribution in [3.63, 3.8) is 0 Å². The van der Waals surface area contributed by atoms with Crippen LogP contribution in [0.25, 0.3) is 0 Å². The number of pyridine rings is 1. The Kier molecular flexibility index (Phi) is 8.40. The minimum Gasteiger partial charge on any atom is -0.350 e. The minimum atomic E-state index is -0.855. The van der Waals surface area contributed by atoms with Gasteiger partial charge in [0.1, 0.15) is 0 Å². The van der Waals surface area contributed by atoms with Crippen LogP contribution < -0.4 is 16.0 Å². The Hall–Kier alpha value is -2.44. The van der Waals surface area contributed by atoms with E-state index in [0.29, 0.717) is 18.5 Å². The predicted molar refractivity (Wildman–Crippen MR) is 110 cm³/mol. The maximum atomic E-state index is 12.4. The summed E-state index contributed by atoms with van der Waals surface area (Å²) < 4.78 is 0. The van der Waals surface area contributed by atoms with E-state index in [1.165, 1.54) is 0 Å². The molecule has 0 aliphatic rings. The van der Waals surface area contributed by atoms with Gasteiger partial charge in [0, 0.05) is 37.2 Å². The molecule has 3 N–H and O–H groups in total. The fourth-order valence-corrected chi connectivity index (χ4v) is 2.66. The van der Waals surface area contributed by atoms with Crippen LogP contribution in [0.4, 0.5) is 5.69 Å². The second-order valence-corrected chi connectivity index (χ2v) is 6.62. The van der Waals surface area contributed by atoms with E-state index >= 15 is 0 Å². The molecule has 1 aromatic heterocycles. The Morgan fingerprint density at radius 3 is 2.30 bits per heavy atom. The first-order valence-corrected chi connectivity index (χ1v) is 8.69. The van der Waals surface area contributed by atoms with Crippen molar-refractivity contribution >= 4 is 29.9 Å². The lowest BCUT2D eigenvalue weighted by molar-refractivity contribution is -0.126. The summed E-state index contributed by atoms with van der Waals surface area (Å²) in [6.45, 7) is 4.15. The predicted octanol–water partition coefficient (Wildman–Crippen LogP) is 2.91. The van der Waals surface area contributed by atoms with Crippen LogP contribution in [-0.2, 0) is 11.3 Å². The van der Waals surface area contributed by atoms with Crippen LogP contribution >= 0.6 is 12.4 Å². The molecule has 146 valence electrons. The van der Waals surface area contributed by atoms with Crippen molar-refractivity contribution in [2.24, 2.45) is 5.73 Å². The van der Waals surface area contributed by atoms with Crippen molar-refractivity contribution in [3.8, 4) is 0 Å². The number of halogens is 1. The largest absolute Gasteiger partial charge is 0.350 e. The standard InChI is InChI=1S/C20H26N4O2.ClH/c1-4-11-20(2,21)19(26)23-14-15-5-7-17(8-6-15)24(3)18(25)16-9-12-22-13-10-16;/h5-10,12-13H,4,11,14,21H2,1-3H3,(H,23,26);1H. The maximum Gasteiger partial charge on any atom is 0.258 e. The third-order valence-electron chi connectivity index (χ3n) is 4.30. The molecule has 0 radical (unpaired) electrons. The number of rotatable bonds is 7. The Morgan fingerprint density at radius 1 is 1.15 bits per heavy atom. The van der Waals surface area contributed by atoms with E-state index in [1.807, 2.05) is 31.2 Å². The second kappa shape index (κ2) is 10.0. The number of hydrogen-bond acceptors (Lipinski definition) is 4. The number of nitrogens with one attached hydrogen (secondary N) is 1. The van der Waals surface area contributed by atoms with Gasteiger partial charge in [0.25, 0.3) is 5.91 Å². The first-order chi connectivity index (χ1) is 12.3. The first-order valence-electron chi connectivity index (χ1n) is 8.69. The van der Waals surface area contributed by atoms with Gasteiger partial charge in [-0.1, -0.05) is 25.5 Å².